The molecule has 1 fully saturated rings. The van der Waals surface area contributed by atoms with Gasteiger partial charge in [-0.2, -0.15) is 0 Å². The average Bonchev–Trinajstić information content (AvgIpc) is 2.63. The number of piperazine rings is 1. The van der Waals surface area contributed by atoms with Gasteiger partial charge in [0, 0.05) is 57.8 Å². The molecule has 0 saturated carbocycles. The normalized spacial score (nSPS) is 14.6. The fraction of sp³-hybridized carbons (Fsp3) is 0.579. The molecule has 0 radical (unpaired) electrons. The fourth-order valence-corrected chi connectivity index (χ4v) is 3.14. The maximum absolute atomic E-state index is 12.3. The number of hydrogen-bond acceptors (Lipinski definition) is 3. The molecule has 0 spiro atoms. The Morgan fingerprint density at radius 1 is 0.958 bits per heavy atom. The van der Waals surface area contributed by atoms with Gasteiger partial charge in [-0.15, -0.1) is 0 Å². The van der Waals surface area contributed by atoms with Crippen LogP contribution in [-0.4, -0.2) is 60.9 Å². The molecule has 2 rings (SSSR count). The van der Waals surface area contributed by atoms with Gasteiger partial charge in [-0.25, -0.2) is 0 Å². The minimum Gasteiger partial charge on any atom is -0.368 e. The highest BCUT2D eigenvalue weighted by Crippen LogP contribution is 2.16. The van der Waals surface area contributed by atoms with Gasteiger partial charge in [0.05, 0.1) is 0 Å². The maximum Gasteiger partial charge on any atom is 0.222 e. The molecule has 1 aromatic rings. The van der Waals surface area contributed by atoms with Gasteiger partial charge < -0.3 is 14.7 Å². The SMILES string of the molecule is CCN(CC)C(=O)CCCC(=O)N1CCN(c2ccccc2)CC1. The fourth-order valence-electron chi connectivity index (χ4n) is 3.14. The highest BCUT2D eigenvalue weighted by Gasteiger charge is 2.21. The van der Waals surface area contributed by atoms with Crippen molar-refractivity contribution in [2.24, 2.45) is 0 Å². The quantitative estimate of drug-likeness (QED) is 0.770. The van der Waals surface area contributed by atoms with E-state index in [4.69, 9.17) is 0 Å². The molecule has 0 bridgehead atoms. The number of amides is 2. The molecule has 2 amide bonds. The molecule has 1 aliphatic rings. The summed E-state index contributed by atoms with van der Waals surface area (Å²) in [4.78, 5) is 30.3. The Morgan fingerprint density at radius 3 is 2.17 bits per heavy atom. The van der Waals surface area contributed by atoms with Gasteiger partial charge in [0.15, 0.2) is 0 Å². The number of hydrogen-bond donors (Lipinski definition) is 0. The Labute approximate surface area is 145 Å². The average molecular weight is 331 g/mol. The van der Waals surface area contributed by atoms with E-state index < -0.39 is 0 Å². The van der Waals surface area contributed by atoms with Crippen molar-refractivity contribution in [3.8, 4) is 0 Å². The van der Waals surface area contributed by atoms with Crippen molar-refractivity contribution in [1.82, 2.24) is 9.80 Å². The van der Waals surface area contributed by atoms with E-state index in [1.165, 1.54) is 5.69 Å². The minimum atomic E-state index is 0.154. The minimum absolute atomic E-state index is 0.154. The van der Waals surface area contributed by atoms with Crippen molar-refractivity contribution in [3.63, 3.8) is 0 Å². The van der Waals surface area contributed by atoms with Crippen molar-refractivity contribution < 1.29 is 9.59 Å². The number of benzene rings is 1. The zero-order chi connectivity index (χ0) is 17.4. The van der Waals surface area contributed by atoms with Crippen molar-refractivity contribution >= 4 is 17.5 Å². The van der Waals surface area contributed by atoms with Crippen LogP contribution in [0.5, 0.6) is 0 Å². The second-order valence-electron chi connectivity index (χ2n) is 6.12. The first-order valence-electron chi connectivity index (χ1n) is 9.01. The van der Waals surface area contributed by atoms with E-state index in [0.717, 1.165) is 39.3 Å². The predicted octanol–water partition coefficient (Wildman–Crippen LogP) is 2.37. The highest BCUT2D eigenvalue weighted by molar-refractivity contribution is 5.79. The van der Waals surface area contributed by atoms with Crippen molar-refractivity contribution in [1.29, 1.82) is 0 Å². The standard InChI is InChI=1S/C19H29N3O2/c1-3-20(4-2)18(23)11-8-12-19(24)22-15-13-21(14-16-22)17-9-6-5-7-10-17/h5-7,9-10H,3-4,8,11-16H2,1-2H3. The summed E-state index contributed by atoms with van der Waals surface area (Å²) in [6, 6.07) is 10.3. The van der Waals surface area contributed by atoms with Crippen LogP contribution >= 0.6 is 0 Å². The van der Waals surface area contributed by atoms with Gasteiger partial charge in [0.25, 0.3) is 0 Å². The summed E-state index contributed by atoms with van der Waals surface area (Å²) in [5, 5.41) is 0. The lowest BCUT2D eigenvalue weighted by molar-refractivity contribution is -0.132. The molecule has 0 aromatic heterocycles. The lowest BCUT2D eigenvalue weighted by Gasteiger charge is -2.36. The van der Waals surface area contributed by atoms with Crippen LogP contribution in [0.1, 0.15) is 33.1 Å². The molecule has 1 aromatic carbocycles. The molecule has 0 aliphatic carbocycles. The van der Waals surface area contributed by atoms with E-state index >= 15 is 0 Å². The molecule has 1 saturated heterocycles. The number of carbonyl (C=O) groups is 2. The van der Waals surface area contributed by atoms with Crippen LogP contribution in [0.3, 0.4) is 0 Å². The third-order valence-corrected chi connectivity index (χ3v) is 4.65. The Hall–Kier alpha value is -2.04. The molecule has 5 nitrogen and oxygen atoms in total. The van der Waals surface area contributed by atoms with Crippen molar-refractivity contribution in [2.75, 3.05) is 44.2 Å². The van der Waals surface area contributed by atoms with Gasteiger partial charge in [0.1, 0.15) is 0 Å². The second-order valence-corrected chi connectivity index (χ2v) is 6.12. The predicted molar refractivity (Wildman–Crippen MR) is 97.0 cm³/mol. The van der Waals surface area contributed by atoms with Gasteiger partial charge in [-0.1, -0.05) is 18.2 Å². The summed E-state index contributed by atoms with van der Waals surface area (Å²) >= 11 is 0. The molecule has 24 heavy (non-hydrogen) atoms. The first-order valence-corrected chi connectivity index (χ1v) is 9.01. The van der Waals surface area contributed by atoms with Crippen LogP contribution in [0.15, 0.2) is 30.3 Å². The van der Waals surface area contributed by atoms with Crippen molar-refractivity contribution in [2.45, 2.75) is 33.1 Å². The number of carbonyl (C=O) groups excluding carboxylic acids is 2. The van der Waals surface area contributed by atoms with Gasteiger partial charge in [0.2, 0.25) is 11.8 Å². The Balaban J connectivity index is 1.70. The lowest BCUT2D eigenvalue weighted by atomic mass is 10.2. The van der Waals surface area contributed by atoms with Crippen LogP contribution in [0, 0.1) is 0 Å². The summed E-state index contributed by atoms with van der Waals surface area (Å²) in [5.74, 6) is 0.330. The molecule has 0 unspecified atom stereocenters. The number of para-hydroxylation sites is 1. The maximum atomic E-state index is 12.3. The lowest BCUT2D eigenvalue weighted by Crippen LogP contribution is -2.48. The first-order chi connectivity index (χ1) is 11.7. The molecule has 1 aliphatic heterocycles. The van der Waals surface area contributed by atoms with Crippen LogP contribution in [0.2, 0.25) is 0 Å². The summed E-state index contributed by atoms with van der Waals surface area (Å²) in [7, 11) is 0. The Morgan fingerprint density at radius 2 is 1.58 bits per heavy atom. The summed E-state index contributed by atoms with van der Waals surface area (Å²) < 4.78 is 0. The van der Waals surface area contributed by atoms with E-state index in [9.17, 15) is 9.59 Å². The first kappa shape index (κ1) is 18.3. The highest BCUT2D eigenvalue weighted by atomic mass is 16.2. The van der Waals surface area contributed by atoms with E-state index in [1.54, 1.807) is 0 Å². The van der Waals surface area contributed by atoms with Gasteiger partial charge in [-0.05, 0) is 32.4 Å². The molecule has 0 atom stereocenters. The van der Waals surface area contributed by atoms with Crippen LogP contribution < -0.4 is 4.90 Å². The summed E-state index contributed by atoms with van der Waals surface area (Å²) in [6.07, 6.45) is 1.59. The van der Waals surface area contributed by atoms with E-state index in [-0.39, 0.29) is 11.8 Å². The third-order valence-electron chi connectivity index (χ3n) is 4.65. The molecule has 0 N–H and O–H groups in total. The largest absolute Gasteiger partial charge is 0.368 e. The van der Waals surface area contributed by atoms with E-state index in [2.05, 4.69) is 17.0 Å². The van der Waals surface area contributed by atoms with Gasteiger partial charge in [-0.3, -0.25) is 9.59 Å². The third kappa shape index (κ3) is 4.98. The van der Waals surface area contributed by atoms with Gasteiger partial charge >= 0.3 is 0 Å². The van der Waals surface area contributed by atoms with Crippen LogP contribution in [-0.2, 0) is 9.59 Å². The topological polar surface area (TPSA) is 43.9 Å². The zero-order valence-electron chi connectivity index (χ0n) is 14.9. The van der Waals surface area contributed by atoms with Crippen LogP contribution in [0.25, 0.3) is 0 Å². The molecule has 5 heteroatoms. The molecule has 1 heterocycles. The monoisotopic (exact) mass is 331 g/mol. The second kappa shape index (κ2) is 9.30. The van der Waals surface area contributed by atoms with Crippen molar-refractivity contribution in [3.05, 3.63) is 30.3 Å². The Kier molecular flexibility index (Phi) is 7.09. The Bertz CT molecular complexity index is 521. The molecule has 132 valence electrons. The summed E-state index contributed by atoms with van der Waals surface area (Å²) in [5.41, 5.74) is 1.22. The van der Waals surface area contributed by atoms with E-state index in [0.29, 0.717) is 19.3 Å². The summed E-state index contributed by atoms with van der Waals surface area (Å²) in [6.45, 7) is 8.71. The molecular weight excluding hydrogens is 302 g/mol. The number of nitrogens with zero attached hydrogens (tertiary/aromatic N) is 3. The van der Waals surface area contributed by atoms with E-state index in [1.807, 2.05) is 41.8 Å². The molecular formula is C19H29N3O2. The zero-order valence-corrected chi connectivity index (χ0v) is 14.9. The number of rotatable bonds is 7. The van der Waals surface area contributed by atoms with Crippen LogP contribution in [0.4, 0.5) is 5.69 Å². The smallest absolute Gasteiger partial charge is 0.222 e. The number of anilines is 1.